The van der Waals surface area contributed by atoms with Crippen LogP contribution in [0, 0.1) is 0 Å². The molecule has 29 heteroatoms. The van der Waals surface area contributed by atoms with Gasteiger partial charge in [0, 0.05) is 25.8 Å². The molecule has 0 spiro atoms. The van der Waals surface area contributed by atoms with Crippen LogP contribution in [-0.4, -0.2) is 188 Å². The second-order valence-electron chi connectivity index (χ2n) is 17.8. The highest BCUT2D eigenvalue weighted by molar-refractivity contribution is 5.99. The van der Waals surface area contributed by atoms with E-state index in [1.807, 2.05) is 0 Å². The lowest BCUT2D eigenvalue weighted by Crippen LogP contribution is -2.60. The SMILES string of the molecule is C[C@H](N)C(=O)N[C@@H](CCC(=O)O)C(=O)N[C@@H](Cc1ccccc1)C(=O)NCC(=O)N[C@H](C(=O)N[C@@H](CCC(=O)O)C(=O)N1CCC[C@H]1C(=O)N[C@@H](CC(=O)O)C(=O)N[C@@H](C)C(=O)N[C@@H](CCCCN)C(=O)O)[C@@H](C)O. The van der Waals surface area contributed by atoms with E-state index in [0.717, 1.165) is 11.8 Å². The lowest BCUT2D eigenvalue weighted by molar-refractivity contribution is -0.145. The van der Waals surface area contributed by atoms with Crippen molar-refractivity contribution >= 4 is 77.0 Å². The molecule has 10 atom stereocenters. The van der Waals surface area contributed by atoms with Crippen LogP contribution in [0.15, 0.2) is 30.3 Å². The predicted molar refractivity (Wildman–Crippen MR) is 259 cm³/mol. The topological polar surface area (TPSA) is 475 Å². The van der Waals surface area contributed by atoms with Gasteiger partial charge in [0.15, 0.2) is 0 Å². The summed E-state index contributed by atoms with van der Waals surface area (Å²) in [5.41, 5.74) is 11.6. The Bertz CT molecular complexity index is 2210. The highest BCUT2D eigenvalue weighted by Crippen LogP contribution is 2.21. The minimum atomic E-state index is -1.86. The van der Waals surface area contributed by atoms with E-state index in [-0.39, 0.29) is 45.2 Å². The largest absolute Gasteiger partial charge is 0.481 e. The molecule has 1 aliphatic rings. The lowest BCUT2D eigenvalue weighted by Gasteiger charge is -2.31. The van der Waals surface area contributed by atoms with E-state index >= 15 is 0 Å². The minimum absolute atomic E-state index is 0.0263. The molecule has 17 N–H and O–H groups in total. The number of aliphatic hydroxyl groups is 1. The fourth-order valence-electron chi connectivity index (χ4n) is 7.46. The van der Waals surface area contributed by atoms with Crippen molar-refractivity contribution in [3.8, 4) is 0 Å². The van der Waals surface area contributed by atoms with Crippen molar-refractivity contribution in [1.29, 1.82) is 0 Å². The molecule has 75 heavy (non-hydrogen) atoms. The molecule has 0 unspecified atom stereocenters. The maximum Gasteiger partial charge on any atom is 0.326 e. The van der Waals surface area contributed by atoms with Gasteiger partial charge in [-0.1, -0.05) is 30.3 Å². The van der Waals surface area contributed by atoms with Crippen LogP contribution < -0.4 is 54.0 Å². The number of aliphatic carboxylic acids is 4. The van der Waals surface area contributed by atoms with Gasteiger partial charge in [-0.3, -0.25) is 57.5 Å². The highest BCUT2D eigenvalue weighted by Gasteiger charge is 2.41. The van der Waals surface area contributed by atoms with Gasteiger partial charge in [-0.2, -0.15) is 0 Å². The fourth-order valence-corrected chi connectivity index (χ4v) is 7.46. The van der Waals surface area contributed by atoms with E-state index < -0.39 is 170 Å². The zero-order valence-electron chi connectivity index (χ0n) is 41.7. The number of aliphatic hydroxyl groups excluding tert-OH is 1. The standard InChI is InChI=1S/C46H69N11O18/c1-23(48)38(66)51-27(14-16-34(60)61)41(69)54-30(20-26-10-5-4-6-11-26)40(68)49-22-33(59)56-37(25(3)58)44(72)52-28(15-17-35(62)63)45(73)57-19-9-13-32(57)43(71)55-31(21-36(64)65)42(70)50-24(2)39(67)53-29(46(74)75)12-7-8-18-47/h4-6,10-11,23-25,27-32,37,58H,7-9,12-22,47-48H2,1-3H3,(H,49,68)(H,50,70)(H,51,66)(H,52,72)(H,53,67)(H,54,69)(H,55,71)(H,56,59)(H,60,61)(H,62,63)(H,64,65)(H,74,75)/t23-,24-,25+,27-,28-,29-,30-,31-,32-,37-/m0/s1. The molecule has 0 saturated carbocycles. The maximum absolute atomic E-state index is 14.1. The summed E-state index contributed by atoms with van der Waals surface area (Å²) in [6, 6.07) is -5.30. The van der Waals surface area contributed by atoms with E-state index in [1.54, 1.807) is 30.3 Å². The number of carboxylic acids is 4. The Kier molecular flexibility index (Phi) is 26.8. The van der Waals surface area contributed by atoms with Crippen LogP contribution >= 0.6 is 0 Å². The number of nitrogens with one attached hydrogen (secondary N) is 8. The fraction of sp³-hybridized carbons (Fsp3) is 0.587. The first-order chi connectivity index (χ1) is 35.2. The van der Waals surface area contributed by atoms with Crippen molar-refractivity contribution in [3.63, 3.8) is 0 Å². The highest BCUT2D eigenvalue weighted by atomic mass is 16.4. The molecule has 9 amide bonds. The number of carbonyl (C=O) groups excluding carboxylic acids is 9. The third-order valence-corrected chi connectivity index (χ3v) is 11.5. The zero-order valence-corrected chi connectivity index (χ0v) is 41.7. The van der Waals surface area contributed by atoms with Crippen molar-refractivity contribution in [1.82, 2.24) is 47.4 Å². The third kappa shape index (κ3) is 22.5. The minimum Gasteiger partial charge on any atom is -0.481 e. The van der Waals surface area contributed by atoms with Gasteiger partial charge in [0.1, 0.15) is 48.3 Å². The van der Waals surface area contributed by atoms with E-state index in [1.165, 1.54) is 13.8 Å². The van der Waals surface area contributed by atoms with Crippen LogP contribution in [0.2, 0.25) is 0 Å². The molecule has 0 radical (unpaired) electrons. The van der Waals surface area contributed by atoms with E-state index in [2.05, 4.69) is 42.5 Å². The number of hydrogen-bond acceptors (Lipinski definition) is 16. The van der Waals surface area contributed by atoms with Crippen LogP contribution in [0.5, 0.6) is 0 Å². The van der Waals surface area contributed by atoms with Crippen LogP contribution in [0.1, 0.15) is 90.5 Å². The Balaban J connectivity index is 2.25. The van der Waals surface area contributed by atoms with Gasteiger partial charge >= 0.3 is 23.9 Å². The van der Waals surface area contributed by atoms with Crippen molar-refractivity contribution < 1.29 is 87.9 Å². The van der Waals surface area contributed by atoms with Gasteiger partial charge in [0.2, 0.25) is 53.2 Å². The van der Waals surface area contributed by atoms with Gasteiger partial charge in [-0.05, 0) is 77.8 Å². The first-order valence-electron chi connectivity index (χ1n) is 24.0. The Morgan fingerprint density at radius 1 is 0.627 bits per heavy atom. The van der Waals surface area contributed by atoms with E-state index in [4.69, 9.17) is 11.5 Å². The Labute approximate surface area is 430 Å². The van der Waals surface area contributed by atoms with Crippen molar-refractivity contribution in [2.24, 2.45) is 11.5 Å². The van der Waals surface area contributed by atoms with Crippen molar-refractivity contribution in [2.45, 2.75) is 152 Å². The molecule has 29 nitrogen and oxygen atoms in total. The number of carboxylic acid groups (broad SMARTS) is 4. The molecule has 1 fully saturated rings. The number of rotatable bonds is 33. The molecular formula is C46H69N11O18. The molecule has 1 heterocycles. The number of unbranched alkanes of at least 4 members (excludes halogenated alkanes) is 1. The number of nitrogens with two attached hydrogens (primary N) is 2. The average molecular weight is 1060 g/mol. The second kappa shape index (κ2) is 31.7. The maximum atomic E-state index is 14.1. The molecule has 2 rings (SSSR count). The van der Waals surface area contributed by atoms with Crippen LogP contribution in [0.4, 0.5) is 0 Å². The molecule has 1 aliphatic heterocycles. The number of amides is 9. The summed E-state index contributed by atoms with van der Waals surface area (Å²) >= 11 is 0. The number of likely N-dealkylation sites (tertiary alicyclic amines) is 1. The van der Waals surface area contributed by atoms with Gasteiger partial charge in [0.25, 0.3) is 0 Å². The normalized spacial score (nSPS) is 16.6. The summed E-state index contributed by atoms with van der Waals surface area (Å²) in [6.45, 7) is 2.86. The third-order valence-electron chi connectivity index (χ3n) is 11.5. The number of carbonyl (C=O) groups is 13. The van der Waals surface area contributed by atoms with Crippen LogP contribution in [0.25, 0.3) is 0 Å². The van der Waals surface area contributed by atoms with Gasteiger partial charge < -0.3 is 84.4 Å². The number of benzene rings is 1. The smallest absolute Gasteiger partial charge is 0.326 e. The Hall–Kier alpha value is -7.79. The lowest BCUT2D eigenvalue weighted by atomic mass is 10.0. The molecule has 0 bridgehead atoms. The number of hydrogen-bond donors (Lipinski definition) is 15. The molecular weight excluding hydrogens is 995 g/mol. The summed E-state index contributed by atoms with van der Waals surface area (Å²) < 4.78 is 0. The van der Waals surface area contributed by atoms with Gasteiger partial charge in [0.05, 0.1) is 25.1 Å². The first-order valence-corrected chi connectivity index (χ1v) is 24.0. The van der Waals surface area contributed by atoms with E-state index in [9.17, 15) is 87.9 Å². The summed E-state index contributed by atoms with van der Waals surface area (Å²) in [7, 11) is 0. The molecule has 0 aromatic heterocycles. The van der Waals surface area contributed by atoms with Crippen molar-refractivity contribution in [2.75, 3.05) is 19.6 Å². The Morgan fingerprint density at radius 2 is 1.20 bits per heavy atom. The molecule has 416 valence electrons. The second-order valence-corrected chi connectivity index (χ2v) is 17.8. The van der Waals surface area contributed by atoms with E-state index in [0.29, 0.717) is 18.4 Å². The zero-order chi connectivity index (χ0) is 56.5. The monoisotopic (exact) mass is 1060 g/mol. The quantitative estimate of drug-likeness (QED) is 0.0293. The average Bonchev–Trinajstić information content (AvgIpc) is 3.84. The van der Waals surface area contributed by atoms with Gasteiger partial charge in [-0.25, -0.2) is 4.79 Å². The molecule has 0 aliphatic carbocycles. The summed E-state index contributed by atoms with van der Waals surface area (Å²) in [5.74, 6) is -14.7. The molecule has 1 aromatic carbocycles. The number of nitrogens with zero attached hydrogens (tertiary/aromatic N) is 1. The molecule has 1 aromatic rings. The van der Waals surface area contributed by atoms with Crippen LogP contribution in [-0.2, 0) is 68.7 Å². The van der Waals surface area contributed by atoms with Crippen molar-refractivity contribution in [3.05, 3.63) is 35.9 Å². The summed E-state index contributed by atoms with van der Waals surface area (Å²) in [6.07, 6.45) is -4.11. The first kappa shape index (κ1) is 63.3. The summed E-state index contributed by atoms with van der Waals surface area (Å²) in [5, 5.41) is 66.8. The van der Waals surface area contributed by atoms with Crippen LogP contribution in [0.3, 0.4) is 0 Å². The Morgan fingerprint density at radius 3 is 1.76 bits per heavy atom. The predicted octanol–water partition coefficient (Wildman–Crippen LogP) is -5.10. The van der Waals surface area contributed by atoms with Gasteiger partial charge in [-0.15, -0.1) is 0 Å². The molecule has 1 saturated heterocycles. The summed E-state index contributed by atoms with van der Waals surface area (Å²) in [4.78, 5) is 168.